The predicted molar refractivity (Wildman–Crippen MR) is 193 cm³/mol. The first-order valence-corrected chi connectivity index (χ1v) is 17.9. The maximum atomic E-state index is 13.6. The molecule has 6 atom stereocenters. The Labute approximate surface area is 310 Å². The molecule has 0 aliphatic carbocycles. The minimum Gasteiger partial charge on any atom is -0.508 e. The Morgan fingerprint density at radius 1 is 0.717 bits per heavy atom. The van der Waals surface area contributed by atoms with Crippen molar-refractivity contribution < 1.29 is 54.0 Å². The van der Waals surface area contributed by atoms with Crippen LogP contribution in [0.4, 0.5) is 0 Å². The molecule has 2 rings (SSSR count). The highest BCUT2D eigenvalue weighted by Gasteiger charge is 2.33. The van der Waals surface area contributed by atoms with E-state index in [1.807, 2.05) is 5.32 Å². The van der Waals surface area contributed by atoms with Gasteiger partial charge >= 0.3 is 5.97 Å². The summed E-state index contributed by atoms with van der Waals surface area (Å²) >= 11 is 1.35. The van der Waals surface area contributed by atoms with Crippen molar-refractivity contribution in [2.75, 3.05) is 31.7 Å². The highest BCUT2D eigenvalue weighted by atomic mass is 32.2. The summed E-state index contributed by atoms with van der Waals surface area (Å²) in [7, 11) is 0. The molecule has 18 nitrogen and oxygen atoms in total. The number of amides is 6. The Kier molecular flexibility index (Phi) is 18.8. The molecule has 2 aromatic carbocycles. The number of nitrogens with two attached hydrogens (primary N) is 1. The third-order valence-electron chi connectivity index (χ3n) is 7.64. The van der Waals surface area contributed by atoms with Crippen LogP contribution in [0.3, 0.4) is 0 Å². The summed E-state index contributed by atoms with van der Waals surface area (Å²) in [6.07, 6.45) is 0.450. The van der Waals surface area contributed by atoms with Gasteiger partial charge in [0.05, 0.1) is 31.8 Å². The predicted octanol–water partition coefficient (Wildman–Crippen LogP) is -3.11. The summed E-state index contributed by atoms with van der Waals surface area (Å²) in [5, 5.41) is 52.2. The number of carboxylic acids is 1. The van der Waals surface area contributed by atoms with Gasteiger partial charge in [-0.05, 0) is 55.0 Å². The molecular formula is C34H47N7O11S. The smallest absolute Gasteiger partial charge is 0.328 e. The molecule has 0 bridgehead atoms. The first-order chi connectivity index (χ1) is 25.1. The fraction of sp³-hybridized carbons (Fsp3) is 0.441. The van der Waals surface area contributed by atoms with Gasteiger partial charge in [0.15, 0.2) is 0 Å². The number of aromatic hydroxyl groups is 1. The first-order valence-electron chi connectivity index (χ1n) is 16.5. The Hall–Kier alpha value is -5.24. The lowest BCUT2D eigenvalue weighted by Crippen LogP contribution is -2.60. The van der Waals surface area contributed by atoms with E-state index in [2.05, 4.69) is 26.6 Å². The zero-order chi connectivity index (χ0) is 39.5. The number of aliphatic carboxylic acids is 1. The third-order valence-corrected chi connectivity index (χ3v) is 8.28. The summed E-state index contributed by atoms with van der Waals surface area (Å²) in [6.45, 7) is -0.820. The number of aliphatic hydroxyl groups excluding tert-OH is 2. The van der Waals surface area contributed by atoms with Crippen molar-refractivity contribution in [2.45, 2.75) is 62.5 Å². The van der Waals surface area contributed by atoms with E-state index in [1.165, 1.54) is 30.8 Å². The first kappa shape index (κ1) is 43.9. The lowest BCUT2D eigenvalue weighted by atomic mass is 10.0. The van der Waals surface area contributed by atoms with Gasteiger partial charge in [-0.2, -0.15) is 11.8 Å². The number of nitrogens with one attached hydrogen (secondary N) is 6. The molecule has 19 heteroatoms. The van der Waals surface area contributed by atoms with Gasteiger partial charge < -0.3 is 58.1 Å². The monoisotopic (exact) mass is 761 g/mol. The molecule has 290 valence electrons. The van der Waals surface area contributed by atoms with Gasteiger partial charge in [-0.25, -0.2) is 4.79 Å². The Morgan fingerprint density at radius 3 is 1.89 bits per heavy atom. The summed E-state index contributed by atoms with van der Waals surface area (Å²) < 4.78 is 0. The second-order valence-electron chi connectivity index (χ2n) is 11.9. The molecule has 0 radical (unpaired) electrons. The molecule has 0 aliphatic heterocycles. The van der Waals surface area contributed by atoms with Crippen molar-refractivity contribution in [1.29, 1.82) is 0 Å². The molecule has 0 saturated carbocycles. The van der Waals surface area contributed by atoms with Crippen molar-refractivity contribution in [3.05, 3.63) is 65.7 Å². The standard InChI is InChI=1S/C34H47N7O11S/c1-19(43)29(33(50)40-26(18-42)34(51)52)41-31(48)24(12-13-53-2)39-32(49)25(15-20-6-4-3-5-7-20)38-28(46)17-36-27(45)16-37-30(47)23(35)14-21-8-10-22(44)11-9-21/h3-11,19,23-26,29,42-44H,12-18,35H2,1-2H3,(H,36,45)(H,37,47)(H,38,46)(H,39,49)(H,40,50)(H,41,48)(H,51,52)/t19?,23-,24-,25-,26-,29-/m0/s1. The molecule has 0 heterocycles. The molecule has 1 unspecified atom stereocenters. The van der Waals surface area contributed by atoms with E-state index < -0.39 is 97.4 Å². The van der Waals surface area contributed by atoms with E-state index >= 15 is 0 Å². The van der Waals surface area contributed by atoms with E-state index in [1.54, 1.807) is 48.7 Å². The van der Waals surface area contributed by atoms with Crippen LogP contribution in [-0.2, 0) is 46.4 Å². The van der Waals surface area contributed by atoms with Crippen LogP contribution in [-0.4, -0.2) is 130 Å². The topological polar surface area (TPSA) is 299 Å². The van der Waals surface area contributed by atoms with Gasteiger partial charge in [0, 0.05) is 6.42 Å². The quantitative estimate of drug-likeness (QED) is 0.0567. The maximum Gasteiger partial charge on any atom is 0.328 e. The number of phenols is 1. The molecule has 0 saturated heterocycles. The van der Waals surface area contributed by atoms with Crippen molar-refractivity contribution in [1.82, 2.24) is 31.9 Å². The van der Waals surface area contributed by atoms with Crippen LogP contribution in [0.15, 0.2) is 54.6 Å². The average Bonchev–Trinajstić information content (AvgIpc) is 3.12. The molecule has 0 spiro atoms. The van der Waals surface area contributed by atoms with Crippen molar-refractivity contribution in [2.24, 2.45) is 5.73 Å². The van der Waals surface area contributed by atoms with Crippen LogP contribution in [0.5, 0.6) is 5.75 Å². The summed E-state index contributed by atoms with van der Waals surface area (Å²) in [6, 6.07) is 7.89. The van der Waals surface area contributed by atoms with Crippen LogP contribution in [0.1, 0.15) is 24.5 Å². The molecular weight excluding hydrogens is 714 g/mol. The SMILES string of the molecule is CSCC[C@H](NC(=O)[C@H](Cc1ccccc1)NC(=O)CNC(=O)CNC(=O)[C@@H](N)Cc1ccc(O)cc1)C(=O)N[C@H](C(=O)N[C@@H](CO)C(=O)O)C(C)O. The molecule has 53 heavy (non-hydrogen) atoms. The van der Waals surface area contributed by atoms with Crippen LogP contribution >= 0.6 is 11.8 Å². The van der Waals surface area contributed by atoms with E-state index in [4.69, 9.17) is 10.8 Å². The van der Waals surface area contributed by atoms with Crippen molar-refractivity contribution >= 4 is 53.2 Å². The summed E-state index contributed by atoms with van der Waals surface area (Å²) in [4.78, 5) is 88.6. The Balaban J connectivity index is 2.07. The summed E-state index contributed by atoms with van der Waals surface area (Å²) in [5.41, 5.74) is 7.26. The average molecular weight is 762 g/mol. The fourth-order valence-electron chi connectivity index (χ4n) is 4.71. The number of carbonyl (C=O) groups excluding carboxylic acids is 6. The van der Waals surface area contributed by atoms with Gasteiger partial charge in [0.25, 0.3) is 0 Å². The lowest BCUT2D eigenvalue weighted by molar-refractivity contribution is -0.144. The number of carboxylic acid groups (broad SMARTS) is 1. The van der Waals surface area contributed by atoms with E-state index in [-0.39, 0.29) is 25.0 Å². The number of phenolic OH excluding ortho intramolecular Hbond substituents is 1. The van der Waals surface area contributed by atoms with E-state index in [9.17, 15) is 48.9 Å². The second kappa shape index (κ2) is 22.6. The van der Waals surface area contributed by atoms with Crippen LogP contribution in [0, 0.1) is 0 Å². The second-order valence-corrected chi connectivity index (χ2v) is 12.9. The molecule has 0 aromatic heterocycles. The van der Waals surface area contributed by atoms with Crippen molar-refractivity contribution in [3.63, 3.8) is 0 Å². The van der Waals surface area contributed by atoms with Crippen molar-refractivity contribution in [3.8, 4) is 5.75 Å². The molecule has 0 aliphatic rings. The largest absolute Gasteiger partial charge is 0.508 e. The van der Waals surface area contributed by atoms with Crippen LogP contribution < -0.4 is 37.6 Å². The number of benzene rings is 2. The van der Waals surface area contributed by atoms with E-state index in [0.717, 1.165) is 0 Å². The number of hydrogen-bond donors (Lipinski definition) is 11. The highest BCUT2D eigenvalue weighted by Crippen LogP contribution is 2.11. The van der Waals surface area contributed by atoms with Gasteiger partial charge in [-0.3, -0.25) is 28.8 Å². The third kappa shape index (κ3) is 15.9. The number of carbonyl (C=O) groups is 7. The lowest BCUT2D eigenvalue weighted by Gasteiger charge is -2.27. The molecule has 12 N–H and O–H groups in total. The minimum atomic E-state index is -1.70. The van der Waals surface area contributed by atoms with Gasteiger partial charge in [-0.1, -0.05) is 42.5 Å². The summed E-state index contributed by atoms with van der Waals surface area (Å²) in [5.74, 6) is -5.96. The molecule has 0 fully saturated rings. The number of thioether (sulfide) groups is 1. The Bertz CT molecular complexity index is 1550. The molecule has 6 amide bonds. The zero-order valence-corrected chi connectivity index (χ0v) is 30.1. The number of rotatable bonds is 22. The van der Waals surface area contributed by atoms with Gasteiger partial charge in [0.1, 0.15) is 29.9 Å². The Morgan fingerprint density at radius 2 is 1.30 bits per heavy atom. The fourth-order valence-corrected chi connectivity index (χ4v) is 5.18. The number of hydrogen-bond acceptors (Lipinski definition) is 12. The normalized spacial score (nSPS) is 14.2. The van der Waals surface area contributed by atoms with E-state index in [0.29, 0.717) is 16.9 Å². The van der Waals surface area contributed by atoms with Crippen LogP contribution in [0.25, 0.3) is 0 Å². The van der Waals surface area contributed by atoms with Gasteiger partial charge in [-0.15, -0.1) is 0 Å². The minimum absolute atomic E-state index is 0.0192. The number of aliphatic hydroxyl groups is 2. The zero-order valence-electron chi connectivity index (χ0n) is 29.2. The molecule has 2 aromatic rings. The van der Waals surface area contributed by atoms with Crippen LogP contribution in [0.2, 0.25) is 0 Å². The van der Waals surface area contributed by atoms with Gasteiger partial charge in [0.2, 0.25) is 35.4 Å². The maximum absolute atomic E-state index is 13.6. The highest BCUT2D eigenvalue weighted by molar-refractivity contribution is 7.98.